The lowest BCUT2D eigenvalue weighted by Gasteiger charge is -2.12. The standard InChI is InChI=1S/C15H28N2/c1-10(6-7-16)3-2-8-17-15-13-11-4-5-12(9-11)14(13)15/h10-15,17H,2-9,16H2,1H3. The van der Waals surface area contributed by atoms with Crippen LogP contribution in [0.2, 0.25) is 0 Å². The van der Waals surface area contributed by atoms with Crippen molar-refractivity contribution in [2.24, 2.45) is 35.3 Å². The molecular formula is C15H28N2. The molecule has 0 radical (unpaired) electrons. The van der Waals surface area contributed by atoms with E-state index in [9.17, 15) is 0 Å². The molecule has 3 rings (SSSR count). The second kappa shape index (κ2) is 4.89. The third-order valence-corrected chi connectivity index (χ3v) is 5.65. The molecule has 0 aromatic heterocycles. The van der Waals surface area contributed by atoms with E-state index >= 15 is 0 Å². The van der Waals surface area contributed by atoms with Crippen molar-refractivity contribution >= 4 is 0 Å². The molecule has 0 aromatic carbocycles. The largest absolute Gasteiger partial charge is 0.330 e. The van der Waals surface area contributed by atoms with Crippen LogP contribution in [0.5, 0.6) is 0 Å². The Hall–Kier alpha value is -0.0800. The molecule has 2 nitrogen and oxygen atoms in total. The van der Waals surface area contributed by atoms with Crippen molar-refractivity contribution in [2.45, 2.75) is 51.5 Å². The van der Waals surface area contributed by atoms with Crippen molar-refractivity contribution in [1.29, 1.82) is 0 Å². The first kappa shape index (κ1) is 12.0. The molecule has 0 heterocycles. The van der Waals surface area contributed by atoms with Gasteiger partial charge in [0.1, 0.15) is 0 Å². The normalized spacial score (nSPS) is 43.8. The third kappa shape index (κ3) is 2.26. The van der Waals surface area contributed by atoms with Crippen molar-refractivity contribution in [2.75, 3.05) is 13.1 Å². The molecule has 3 saturated carbocycles. The molecule has 5 unspecified atom stereocenters. The van der Waals surface area contributed by atoms with Crippen molar-refractivity contribution in [1.82, 2.24) is 5.32 Å². The van der Waals surface area contributed by atoms with Crippen LogP contribution < -0.4 is 11.1 Å². The summed E-state index contributed by atoms with van der Waals surface area (Å²) >= 11 is 0. The van der Waals surface area contributed by atoms with Gasteiger partial charge in [-0.05, 0) is 81.2 Å². The van der Waals surface area contributed by atoms with Crippen LogP contribution in [0.3, 0.4) is 0 Å². The molecule has 0 amide bonds. The zero-order chi connectivity index (χ0) is 11.8. The Kier molecular flexibility index (Phi) is 3.45. The number of nitrogens with two attached hydrogens (primary N) is 1. The molecule has 3 aliphatic carbocycles. The van der Waals surface area contributed by atoms with E-state index in [1.165, 1.54) is 38.6 Å². The van der Waals surface area contributed by atoms with Crippen LogP contribution in [0.1, 0.15) is 45.4 Å². The van der Waals surface area contributed by atoms with Crippen LogP contribution in [0.4, 0.5) is 0 Å². The van der Waals surface area contributed by atoms with E-state index in [0.717, 1.165) is 42.2 Å². The molecule has 3 N–H and O–H groups in total. The van der Waals surface area contributed by atoms with Gasteiger partial charge in [0.15, 0.2) is 0 Å². The smallest absolute Gasteiger partial charge is 0.0135 e. The number of rotatable bonds is 7. The quantitative estimate of drug-likeness (QED) is 0.666. The van der Waals surface area contributed by atoms with Crippen LogP contribution in [-0.4, -0.2) is 19.1 Å². The van der Waals surface area contributed by atoms with E-state index in [-0.39, 0.29) is 0 Å². The lowest BCUT2D eigenvalue weighted by atomic mass is 10.0. The van der Waals surface area contributed by atoms with Crippen LogP contribution in [0.15, 0.2) is 0 Å². The Morgan fingerprint density at radius 1 is 1.18 bits per heavy atom. The fraction of sp³-hybridized carbons (Fsp3) is 1.00. The molecule has 2 heteroatoms. The zero-order valence-corrected chi connectivity index (χ0v) is 11.2. The van der Waals surface area contributed by atoms with Gasteiger partial charge in [0.05, 0.1) is 0 Å². The maximum atomic E-state index is 5.58. The molecule has 2 bridgehead atoms. The molecule has 98 valence electrons. The van der Waals surface area contributed by atoms with Crippen molar-refractivity contribution in [3.05, 3.63) is 0 Å². The third-order valence-electron chi connectivity index (χ3n) is 5.65. The monoisotopic (exact) mass is 236 g/mol. The predicted molar refractivity (Wildman–Crippen MR) is 71.7 cm³/mol. The predicted octanol–water partition coefficient (Wildman–Crippen LogP) is 2.39. The summed E-state index contributed by atoms with van der Waals surface area (Å²) in [6, 6.07) is 0.922. The summed E-state index contributed by atoms with van der Waals surface area (Å²) in [5.41, 5.74) is 5.58. The van der Waals surface area contributed by atoms with Crippen LogP contribution in [-0.2, 0) is 0 Å². The van der Waals surface area contributed by atoms with Crippen LogP contribution >= 0.6 is 0 Å². The van der Waals surface area contributed by atoms with Gasteiger partial charge >= 0.3 is 0 Å². The molecule has 5 atom stereocenters. The summed E-state index contributed by atoms with van der Waals surface area (Å²) in [5.74, 6) is 5.22. The first-order valence-electron chi connectivity index (χ1n) is 7.74. The molecule has 17 heavy (non-hydrogen) atoms. The van der Waals surface area contributed by atoms with Gasteiger partial charge < -0.3 is 11.1 Å². The molecular weight excluding hydrogens is 208 g/mol. The maximum absolute atomic E-state index is 5.58. The summed E-state index contributed by atoms with van der Waals surface area (Å²) in [7, 11) is 0. The van der Waals surface area contributed by atoms with E-state index < -0.39 is 0 Å². The zero-order valence-electron chi connectivity index (χ0n) is 11.2. The summed E-state index contributed by atoms with van der Waals surface area (Å²) < 4.78 is 0. The average Bonchev–Trinajstić information content (AvgIpc) is 2.70. The highest BCUT2D eigenvalue weighted by Crippen LogP contribution is 2.65. The lowest BCUT2D eigenvalue weighted by Crippen LogP contribution is -2.24. The second-order valence-electron chi connectivity index (χ2n) is 6.79. The van der Waals surface area contributed by atoms with Gasteiger partial charge in [-0.1, -0.05) is 6.92 Å². The Morgan fingerprint density at radius 3 is 2.53 bits per heavy atom. The van der Waals surface area contributed by atoms with E-state index in [1.807, 2.05) is 0 Å². The Bertz CT molecular complexity index is 250. The van der Waals surface area contributed by atoms with Gasteiger partial charge in [-0.2, -0.15) is 0 Å². The first-order chi connectivity index (χ1) is 8.31. The minimum atomic E-state index is 0.816. The molecule has 0 saturated heterocycles. The van der Waals surface area contributed by atoms with Gasteiger partial charge in [0, 0.05) is 6.04 Å². The van der Waals surface area contributed by atoms with Gasteiger partial charge in [-0.25, -0.2) is 0 Å². The molecule has 0 aliphatic heterocycles. The highest BCUT2D eigenvalue weighted by Gasteiger charge is 2.64. The number of nitrogens with one attached hydrogen (secondary N) is 1. The topological polar surface area (TPSA) is 38.0 Å². The highest BCUT2D eigenvalue weighted by molar-refractivity contribution is 5.16. The number of fused-ring (bicyclic) bond motifs is 5. The summed E-state index contributed by atoms with van der Waals surface area (Å²) in [6.07, 6.45) is 8.53. The Balaban J connectivity index is 1.30. The Labute approximate surface area is 106 Å². The fourth-order valence-corrected chi connectivity index (χ4v) is 4.75. The minimum Gasteiger partial charge on any atom is -0.330 e. The first-order valence-corrected chi connectivity index (χ1v) is 7.74. The van der Waals surface area contributed by atoms with Gasteiger partial charge in [0.25, 0.3) is 0 Å². The van der Waals surface area contributed by atoms with Gasteiger partial charge in [0.2, 0.25) is 0 Å². The Morgan fingerprint density at radius 2 is 1.88 bits per heavy atom. The molecule has 3 aliphatic rings. The summed E-state index contributed by atoms with van der Waals surface area (Å²) in [4.78, 5) is 0. The summed E-state index contributed by atoms with van der Waals surface area (Å²) in [6.45, 7) is 4.43. The molecule has 3 fully saturated rings. The van der Waals surface area contributed by atoms with Crippen molar-refractivity contribution in [3.63, 3.8) is 0 Å². The molecule has 0 aromatic rings. The maximum Gasteiger partial charge on any atom is 0.0135 e. The lowest BCUT2D eigenvalue weighted by molar-refractivity contribution is 0.433. The van der Waals surface area contributed by atoms with Gasteiger partial charge in [-0.15, -0.1) is 0 Å². The van der Waals surface area contributed by atoms with E-state index in [4.69, 9.17) is 5.73 Å². The highest BCUT2D eigenvalue weighted by atomic mass is 15.0. The summed E-state index contributed by atoms with van der Waals surface area (Å²) in [5, 5.41) is 3.83. The number of hydrogen-bond acceptors (Lipinski definition) is 2. The molecule has 0 spiro atoms. The fourth-order valence-electron chi connectivity index (χ4n) is 4.75. The van der Waals surface area contributed by atoms with Crippen molar-refractivity contribution in [3.8, 4) is 0 Å². The average molecular weight is 236 g/mol. The number of hydrogen-bond donors (Lipinski definition) is 2. The van der Waals surface area contributed by atoms with Crippen LogP contribution in [0.25, 0.3) is 0 Å². The van der Waals surface area contributed by atoms with Crippen LogP contribution in [0, 0.1) is 29.6 Å². The minimum absolute atomic E-state index is 0.816. The van der Waals surface area contributed by atoms with E-state index in [0.29, 0.717) is 0 Å². The van der Waals surface area contributed by atoms with E-state index in [1.54, 1.807) is 6.42 Å². The SMILES string of the molecule is CC(CCN)CCCNC1C2C3CCC(C3)C12. The van der Waals surface area contributed by atoms with Gasteiger partial charge in [-0.3, -0.25) is 0 Å². The van der Waals surface area contributed by atoms with Crippen molar-refractivity contribution < 1.29 is 0 Å². The second-order valence-corrected chi connectivity index (χ2v) is 6.79. The van der Waals surface area contributed by atoms with E-state index in [2.05, 4.69) is 12.2 Å².